The van der Waals surface area contributed by atoms with Crippen LogP contribution in [0.1, 0.15) is 5.56 Å². The molecule has 0 spiro atoms. The Labute approximate surface area is 75.1 Å². The van der Waals surface area contributed by atoms with E-state index in [4.69, 9.17) is 5.41 Å². The van der Waals surface area contributed by atoms with E-state index < -0.39 is 6.43 Å². The van der Waals surface area contributed by atoms with Crippen molar-refractivity contribution in [1.82, 2.24) is 0 Å². The van der Waals surface area contributed by atoms with Gasteiger partial charge in [0, 0.05) is 17.5 Å². The molecule has 1 rings (SSSR count). The quantitative estimate of drug-likeness (QED) is 0.692. The van der Waals surface area contributed by atoms with Gasteiger partial charge in [0.15, 0.2) is 0 Å². The van der Waals surface area contributed by atoms with E-state index in [0.29, 0.717) is 11.3 Å². The van der Waals surface area contributed by atoms with E-state index in [-0.39, 0.29) is 6.54 Å². The first-order chi connectivity index (χ1) is 6.24. The standard InChI is InChI=1S/C9H10F2N2/c10-9(11)6-13-8-4-2-1-3-7(8)5-12/h1-5,9,12-13H,6H2. The molecule has 0 aromatic heterocycles. The molecule has 13 heavy (non-hydrogen) atoms. The Kier molecular flexibility index (Phi) is 3.37. The highest BCUT2D eigenvalue weighted by molar-refractivity contribution is 5.85. The molecule has 0 amide bonds. The minimum atomic E-state index is -2.38. The zero-order valence-electron chi connectivity index (χ0n) is 6.93. The topological polar surface area (TPSA) is 35.9 Å². The van der Waals surface area contributed by atoms with Crippen LogP contribution in [0.2, 0.25) is 0 Å². The third-order valence-electron chi connectivity index (χ3n) is 1.56. The Bertz CT molecular complexity index is 287. The summed E-state index contributed by atoms with van der Waals surface area (Å²) in [4.78, 5) is 0. The van der Waals surface area contributed by atoms with Gasteiger partial charge in [0.2, 0.25) is 0 Å². The fraction of sp³-hybridized carbons (Fsp3) is 0.222. The van der Waals surface area contributed by atoms with Gasteiger partial charge in [-0.3, -0.25) is 0 Å². The van der Waals surface area contributed by atoms with Crippen molar-refractivity contribution in [2.24, 2.45) is 0 Å². The summed E-state index contributed by atoms with van der Waals surface area (Å²) in [5.74, 6) is 0. The molecule has 1 aromatic carbocycles. The number of anilines is 1. The number of alkyl halides is 2. The predicted molar refractivity (Wildman–Crippen MR) is 48.8 cm³/mol. The lowest BCUT2D eigenvalue weighted by molar-refractivity contribution is 0.163. The van der Waals surface area contributed by atoms with Crippen LogP contribution in [-0.2, 0) is 0 Å². The fourth-order valence-corrected chi connectivity index (χ4v) is 0.971. The molecule has 0 heterocycles. The van der Waals surface area contributed by atoms with E-state index in [2.05, 4.69) is 5.32 Å². The molecule has 0 aliphatic rings. The normalized spacial score (nSPS) is 10.1. The first-order valence-electron chi connectivity index (χ1n) is 3.85. The Balaban J connectivity index is 2.69. The zero-order valence-corrected chi connectivity index (χ0v) is 6.93. The van der Waals surface area contributed by atoms with E-state index in [0.717, 1.165) is 6.21 Å². The predicted octanol–water partition coefficient (Wildman–Crippen LogP) is 2.36. The maximum absolute atomic E-state index is 11.8. The Morgan fingerprint density at radius 3 is 2.69 bits per heavy atom. The van der Waals surface area contributed by atoms with Crippen LogP contribution >= 0.6 is 0 Å². The molecule has 2 N–H and O–H groups in total. The summed E-state index contributed by atoms with van der Waals surface area (Å²) in [6.07, 6.45) is -1.24. The second-order valence-corrected chi connectivity index (χ2v) is 2.50. The molecule has 0 fully saturated rings. The molecule has 0 saturated carbocycles. The summed E-state index contributed by atoms with van der Waals surface area (Å²) in [6, 6.07) is 6.86. The number of hydrogen-bond acceptors (Lipinski definition) is 2. The van der Waals surface area contributed by atoms with Crippen LogP contribution in [0.3, 0.4) is 0 Å². The fourth-order valence-electron chi connectivity index (χ4n) is 0.971. The SMILES string of the molecule is N=Cc1ccccc1NCC(F)F. The van der Waals surface area contributed by atoms with Crippen LogP contribution in [0.15, 0.2) is 24.3 Å². The molecule has 0 unspecified atom stereocenters. The van der Waals surface area contributed by atoms with Gasteiger partial charge in [-0.05, 0) is 6.07 Å². The van der Waals surface area contributed by atoms with E-state index >= 15 is 0 Å². The number of benzene rings is 1. The maximum Gasteiger partial charge on any atom is 0.255 e. The lowest BCUT2D eigenvalue weighted by atomic mass is 10.2. The first-order valence-corrected chi connectivity index (χ1v) is 3.85. The van der Waals surface area contributed by atoms with Crippen LogP contribution < -0.4 is 5.32 Å². The largest absolute Gasteiger partial charge is 0.379 e. The van der Waals surface area contributed by atoms with Gasteiger partial charge in [-0.15, -0.1) is 0 Å². The monoisotopic (exact) mass is 184 g/mol. The zero-order chi connectivity index (χ0) is 9.68. The van der Waals surface area contributed by atoms with Crippen molar-refractivity contribution in [2.75, 3.05) is 11.9 Å². The van der Waals surface area contributed by atoms with Crippen molar-refractivity contribution in [2.45, 2.75) is 6.43 Å². The van der Waals surface area contributed by atoms with Gasteiger partial charge in [-0.2, -0.15) is 0 Å². The second-order valence-electron chi connectivity index (χ2n) is 2.50. The van der Waals surface area contributed by atoms with Crippen LogP contribution in [-0.4, -0.2) is 19.2 Å². The second kappa shape index (κ2) is 4.54. The summed E-state index contributed by atoms with van der Waals surface area (Å²) < 4.78 is 23.7. The lowest BCUT2D eigenvalue weighted by Crippen LogP contribution is -2.11. The molecule has 4 heteroatoms. The van der Waals surface area contributed by atoms with Gasteiger partial charge in [-0.25, -0.2) is 8.78 Å². The Morgan fingerprint density at radius 1 is 1.38 bits per heavy atom. The number of hydrogen-bond donors (Lipinski definition) is 2. The molecular weight excluding hydrogens is 174 g/mol. The van der Waals surface area contributed by atoms with Crippen molar-refractivity contribution >= 4 is 11.9 Å². The highest BCUT2D eigenvalue weighted by atomic mass is 19.3. The highest BCUT2D eigenvalue weighted by Crippen LogP contribution is 2.12. The Morgan fingerprint density at radius 2 is 2.08 bits per heavy atom. The maximum atomic E-state index is 11.8. The number of halogens is 2. The number of rotatable bonds is 4. The molecule has 0 bridgehead atoms. The molecule has 0 atom stereocenters. The van der Waals surface area contributed by atoms with Gasteiger partial charge in [0.05, 0.1) is 6.54 Å². The molecule has 0 aliphatic heterocycles. The van der Waals surface area contributed by atoms with Gasteiger partial charge < -0.3 is 10.7 Å². The molecule has 70 valence electrons. The molecular formula is C9H10F2N2. The Hall–Kier alpha value is -1.45. The molecule has 0 radical (unpaired) electrons. The van der Waals surface area contributed by atoms with Crippen molar-refractivity contribution in [3.63, 3.8) is 0 Å². The number of nitrogens with one attached hydrogen (secondary N) is 2. The van der Waals surface area contributed by atoms with Crippen molar-refractivity contribution < 1.29 is 8.78 Å². The van der Waals surface area contributed by atoms with E-state index in [1.807, 2.05) is 0 Å². The molecule has 0 saturated heterocycles. The lowest BCUT2D eigenvalue weighted by Gasteiger charge is -2.07. The van der Waals surface area contributed by atoms with Crippen molar-refractivity contribution in [3.8, 4) is 0 Å². The van der Waals surface area contributed by atoms with Crippen LogP contribution in [0, 0.1) is 5.41 Å². The molecule has 0 aliphatic carbocycles. The van der Waals surface area contributed by atoms with Crippen LogP contribution in [0.25, 0.3) is 0 Å². The summed E-state index contributed by atoms with van der Waals surface area (Å²) in [6.45, 7) is -0.384. The van der Waals surface area contributed by atoms with E-state index in [9.17, 15) is 8.78 Å². The average Bonchev–Trinajstić information content (AvgIpc) is 2.15. The van der Waals surface area contributed by atoms with Gasteiger partial charge in [0.1, 0.15) is 0 Å². The number of para-hydroxylation sites is 1. The van der Waals surface area contributed by atoms with Crippen LogP contribution in [0.4, 0.5) is 14.5 Å². The van der Waals surface area contributed by atoms with Crippen molar-refractivity contribution in [3.05, 3.63) is 29.8 Å². The minimum Gasteiger partial charge on any atom is -0.379 e. The highest BCUT2D eigenvalue weighted by Gasteiger charge is 2.03. The molecule has 2 nitrogen and oxygen atoms in total. The summed E-state index contributed by atoms with van der Waals surface area (Å²) >= 11 is 0. The summed E-state index contributed by atoms with van der Waals surface area (Å²) in [5, 5.41) is 9.58. The van der Waals surface area contributed by atoms with Gasteiger partial charge >= 0.3 is 0 Å². The minimum absolute atomic E-state index is 0.384. The van der Waals surface area contributed by atoms with Crippen LogP contribution in [0.5, 0.6) is 0 Å². The van der Waals surface area contributed by atoms with Crippen molar-refractivity contribution in [1.29, 1.82) is 5.41 Å². The molecule has 1 aromatic rings. The van der Waals surface area contributed by atoms with E-state index in [1.165, 1.54) is 0 Å². The third-order valence-corrected chi connectivity index (χ3v) is 1.56. The summed E-state index contributed by atoms with van der Waals surface area (Å²) in [7, 11) is 0. The summed E-state index contributed by atoms with van der Waals surface area (Å²) in [5.41, 5.74) is 1.18. The third kappa shape index (κ3) is 2.82. The first kappa shape index (κ1) is 9.64. The van der Waals surface area contributed by atoms with Gasteiger partial charge in [0.25, 0.3) is 6.43 Å². The van der Waals surface area contributed by atoms with Gasteiger partial charge in [-0.1, -0.05) is 18.2 Å². The smallest absolute Gasteiger partial charge is 0.255 e. The average molecular weight is 184 g/mol. The van der Waals surface area contributed by atoms with E-state index in [1.54, 1.807) is 24.3 Å².